The van der Waals surface area contributed by atoms with Gasteiger partial charge >= 0.3 is 0 Å². The zero-order chi connectivity index (χ0) is 8.27. The fourth-order valence-electron chi connectivity index (χ4n) is 1.16. The first kappa shape index (κ1) is 8.34. The van der Waals surface area contributed by atoms with Crippen LogP contribution in [-0.4, -0.2) is 18.8 Å². The molecule has 0 amide bonds. The van der Waals surface area contributed by atoms with Crippen molar-refractivity contribution in [3.8, 4) is 0 Å². The molecule has 1 N–H and O–H groups in total. The summed E-state index contributed by atoms with van der Waals surface area (Å²) in [6.45, 7) is 2.28. The second-order valence-corrected chi connectivity index (χ2v) is 2.84. The van der Waals surface area contributed by atoms with E-state index in [9.17, 15) is 0 Å². The van der Waals surface area contributed by atoms with Crippen LogP contribution in [0.5, 0.6) is 0 Å². The summed E-state index contributed by atoms with van der Waals surface area (Å²) < 4.78 is 5.03. The molecule has 2 atom stereocenters. The predicted octanol–water partition coefficient (Wildman–Crippen LogP) is 1.33. The highest BCUT2D eigenvalue weighted by atomic mass is 16.5. The summed E-state index contributed by atoms with van der Waals surface area (Å²) in [6, 6.07) is 0. The molecule has 11 heavy (non-hydrogen) atoms. The maximum atomic E-state index is 8.94. The standard InChI is InChI=1S/C9H14O2/c1-7-3-4-9(11-2)5-8(7)6-10/h3-5,7-8,10H,6H2,1-2H3. The highest BCUT2D eigenvalue weighted by Gasteiger charge is 2.15. The number of hydrogen-bond acceptors (Lipinski definition) is 2. The first-order valence-corrected chi connectivity index (χ1v) is 3.82. The van der Waals surface area contributed by atoms with Crippen LogP contribution >= 0.6 is 0 Å². The third-order valence-electron chi connectivity index (χ3n) is 2.06. The summed E-state index contributed by atoms with van der Waals surface area (Å²) in [4.78, 5) is 0. The van der Waals surface area contributed by atoms with Gasteiger partial charge in [-0.05, 0) is 18.1 Å². The quantitative estimate of drug-likeness (QED) is 0.650. The van der Waals surface area contributed by atoms with E-state index in [2.05, 4.69) is 13.0 Å². The topological polar surface area (TPSA) is 29.5 Å². The van der Waals surface area contributed by atoms with Crippen molar-refractivity contribution in [3.05, 3.63) is 24.0 Å². The second-order valence-electron chi connectivity index (χ2n) is 2.84. The van der Waals surface area contributed by atoms with Crippen LogP contribution in [0.4, 0.5) is 0 Å². The Morgan fingerprint density at radius 2 is 2.36 bits per heavy atom. The van der Waals surface area contributed by atoms with Gasteiger partial charge in [-0.2, -0.15) is 0 Å². The Bertz CT molecular complexity index is 182. The van der Waals surface area contributed by atoms with Crippen molar-refractivity contribution in [2.24, 2.45) is 11.8 Å². The number of methoxy groups -OCH3 is 1. The maximum Gasteiger partial charge on any atom is 0.114 e. The Hall–Kier alpha value is -0.760. The van der Waals surface area contributed by atoms with Gasteiger partial charge < -0.3 is 9.84 Å². The highest BCUT2D eigenvalue weighted by Crippen LogP contribution is 2.21. The van der Waals surface area contributed by atoms with E-state index in [1.807, 2.05) is 12.2 Å². The molecular formula is C9H14O2. The lowest BCUT2D eigenvalue weighted by molar-refractivity contribution is 0.218. The molecule has 2 unspecified atom stereocenters. The SMILES string of the molecule is COC1=CC(CO)C(C)C=C1. The summed E-state index contributed by atoms with van der Waals surface area (Å²) in [5.41, 5.74) is 0. The largest absolute Gasteiger partial charge is 0.497 e. The summed E-state index contributed by atoms with van der Waals surface area (Å²) in [7, 11) is 1.64. The van der Waals surface area contributed by atoms with Gasteiger partial charge in [0.2, 0.25) is 0 Å². The van der Waals surface area contributed by atoms with Crippen LogP contribution in [0.3, 0.4) is 0 Å². The molecule has 0 heterocycles. The number of allylic oxidation sites excluding steroid dienone is 2. The Balaban J connectivity index is 2.67. The second kappa shape index (κ2) is 3.58. The summed E-state index contributed by atoms with van der Waals surface area (Å²) in [5.74, 6) is 1.48. The van der Waals surface area contributed by atoms with Crippen molar-refractivity contribution in [1.82, 2.24) is 0 Å². The van der Waals surface area contributed by atoms with E-state index in [4.69, 9.17) is 9.84 Å². The molecule has 0 bridgehead atoms. The summed E-state index contributed by atoms with van der Waals surface area (Å²) in [5, 5.41) is 8.94. The molecule has 2 heteroatoms. The molecule has 0 aromatic heterocycles. The zero-order valence-corrected chi connectivity index (χ0v) is 6.95. The number of aliphatic hydroxyl groups is 1. The van der Waals surface area contributed by atoms with Crippen LogP contribution in [0.2, 0.25) is 0 Å². The van der Waals surface area contributed by atoms with Gasteiger partial charge in [-0.25, -0.2) is 0 Å². The Morgan fingerprint density at radius 3 is 2.91 bits per heavy atom. The molecule has 62 valence electrons. The molecule has 0 aromatic rings. The number of hydrogen-bond donors (Lipinski definition) is 1. The first-order valence-electron chi connectivity index (χ1n) is 3.82. The Kier molecular flexibility index (Phi) is 2.71. The third kappa shape index (κ3) is 1.84. The van der Waals surface area contributed by atoms with E-state index < -0.39 is 0 Å². The van der Waals surface area contributed by atoms with E-state index in [1.54, 1.807) is 7.11 Å². The molecule has 0 saturated heterocycles. The fourth-order valence-corrected chi connectivity index (χ4v) is 1.16. The van der Waals surface area contributed by atoms with Crippen molar-refractivity contribution < 1.29 is 9.84 Å². The molecule has 0 saturated carbocycles. The number of ether oxygens (including phenoxy) is 1. The molecule has 0 fully saturated rings. The van der Waals surface area contributed by atoms with Gasteiger partial charge in [-0.3, -0.25) is 0 Å². The summed E-state index contributed by atoms with van der Waals surface area (Å²) in [6.07, 6.45) is 5.96. The monoisotopic (exact) mass is 154 g/mol. The van der Waals surface area contributed by atoms with E-state index in [-0.39, 0.29) is 12.5 Å². The van der Waals surface area contributed by atoms with Crippen LogP contribution in [0.15, 0.2) is 24.0 Å². The fraction of sp³-hybridized carbons (Fsp3) is 0.556. The predicted molar refractivity (Wildman–Crippen MR) is 44.0 cm³/mol. The average molecular weight is 154 g/mol. The van der Waals surface area contributed by atoms with Crippen molar-refractivity contribution in [3.63, 3.8) is 0 Å². The normalized spacial score (nSPS) is 29.9. The van der Waals surface area contributed by atoms with E-state index in [1.165, 1.54) is 0 Å². The van der Waals surface area contributed by atoms with E-state index in [0.29, 0.717) is 5.92 Å². The molecule has 0 aromatic carbocycles. The molecule has 1 aliphatic rings. The van der Waals surface area contributed by atoms with E-state index in [0.717, 1.165) is 5.76 Å². The van der Waals surface area contributed by atoms with Crippen molar-refractivity contribution >= 4 is 0 Å². The average Bonchev–Trinajstić information content (AvgIpc) is 2.05. The smallest absolute Gasteiger partial charge is 0.114 e. The minimum Gasteiger partial charge on any atom is -0.497 e. The van der Waals surface area contributed by atoms with Crippen LogP contribution in [-0.2, 0) is 4.74 Å². The summed E-state index contributed by atoms with van der Waals surface area (Å²) >= 11 is 0. The van der Waals surface area contributed by atoms with Crippen molar-refractivity contribution in [2.45, 2.75) is 6.92 Å². The van der Waals surface area contributed by atoms with Crippen molar-refractivity contribution in [1.29, 1.82) is 0 Å². The van der Waals surface area contributed by atoms with Crippen LogP contribution < -0.4 is 0 Å². The lowest BCUT2D eigenvalue weighted by Crippen LogP contribution is -2.15. The lowest BCUT2D eigenvalue weighted by atomic mass is 9.90. The molecule has 2 nitrogen and oxygen atoms in total. The number of rotatable bonds is 2. The molecule has 0 radical (unpaired) electrons. The zero-order valence-electron chi connectivity index (χ0n) is 6.95. The minimum absolute atomic E-state index is 0.193. The maximum absolute atomic E-state index is 8.94. The Labute approximate surface area is 67.2 Å². The molecule has 1 rings (SSSR count). The first-order chi connectivity index (χ1) is 5.27. The molecule has 1 aliphatic carbocycles. The third-order valence-corrected chi connectivity index (χ3v) is 2.06. The van der Waals surface area contributed by atoms with Gasteiger partial charge in [0.05, 0.1) is 13.7 Å². The van der Waals surface area contributed by atoms with Gasteiger partial charge in [0.15, 0.2) is 0 Å². The van der Waals surface area contributed by atoms with Crippen LogP contribution in [0, 0.1) is 11.8 Å². The lowest BCUT2D eigenvalue weighted by Gasteiger charge is -2.19. The molecule has 0 aliphatic heterocycles. The molecular weight excluding hydrogens is 140 g/mol. The van der Waals surface area contributed by atoms with Crippen molar-refractivity contribution in [2.75, 3.05) is 13.7 Å². The Morgan fingerprint density at radius 1 is 1.64 bits per heavy atom. The highest BCUT2D eigenvalue weighted by molar-refractivity contribution is 5.20. The van der Waals surface area contributed by atoms with Gasteiger partial charge in [0, 0.05) is 5.92 Å². The number of aliphatic hydroxyl groups excluding tert-OH is 1. The minimum atomic E-state index is 0.193. The molecule has 0 spiro atoms. The van der Waals surface area contributed by atoms with Crippen LogP contribution in [0.25, 0.3) is 0 Å². The van der Waals surface area contributed by atoms with E-state index >= 15 is 0 Å². The van der Waals surface area contributed by atoms with Gasteiger partial charge in [0.1, 0.15) is 5.76 Å². The van der Waals surface area contributed by atoms with Gasteiger partial charge in [0.25, 0.3) is 0 Å². The van der Waals surface area contributed by atoms with Gasteiger partial charge in [-0.15, -0.1) is 0 Å². The van der Waals surface area contributed by atoms with Crippen LogP contribution in [0.1, 0.15) is 6.92 Å². The van der Waals surface area contributed by atoms with Gasteiger partial charge in [-0.1, -0.05) is 13.0 Å².